The van der Waals surface area contributed by atoms with E-state index in [-0.39, 0.29) is 28.1 Å². The zero-order chi connectivity index (χ0) is 28.6. The lowest BCUT2D eigenvalue weighted by Gasteiger charge is -2.12. The number of amides is 3. The number of nitro groups is 1. The number of hydrogen-bond acceptors (Lipinski definition) is 5. The van der Waals surface area contributed by atoms with Gasteiger partial charge >= 0.3 is 0 Å². The summed E-state index contributed by atoms with van der Waals surface area (Å²) in [5.74, 6) is 3.28. The van der Waals surface area contributed by atoms with Gasteiger partial charge in [0, 0.05) is 57.0 Å². The van der Waals surface area contributed by atoms with E-state index in [0.29, 0.717) is 22.5 Å². The van der Waals surface area contributed by atoms with Crippen molar-refractivity contribution in [2.75, 3.05) is 16.0 Å². The molecule has 4 aromatic rings. The molecule has 0 atom stereocenters. The minimum absolute atomic E-state index is 0.0788. The fourth-order valence-corrected chi connectivity index (χ4v) is 3.68. The molecule has 4 rings (SSSR count). The molecule has 9 heteroatoms. The van der Waals surface area contributed by atoms with Gasteiger partial charge in [-0.2, -0.15) is 0 Å². The molecular formula is C31H20N4O5. The van der Waals surface area contributed by atoms with Crippen LogP contribution in [0.1, 0.15) is 42.2 Å². The smallest absolute Gasteiger partial charge is 0.269 e. The quantitative estimate of drug-likeness (QED) is 0.170. The van der Waals surface area contributed by atoms with Crippen LogP contribution in [0.3, 0.4) is 0 Å². The summed E-state index contributed by atoms with van der Waals surface area (Å²) in [5, 5.41) is 19.0. The van der Waals surface area contributed by atoms with Crippen LogP contribution in [0.5, 0.6) is 0 Å². The molecule has 40 heavy (non-hydrogen) atoms. The van der Waals surface area contributed by atoms with Crippen LogP contribution in [0.4, 0.5) is 22.7 Å². The van der Waals surface area contributed by atoms with E-state index in [1.807, 2.05) is 0 Å². The van der Waals surface area contributed by atoms with Gasteiger partial charge in [0.2, 0.25) is 0 Å². The lowest BCUT2D eigenvalue weighted by atomic mass is 10.1. The number of nitrogens with one attached hydrogen (secondary N) is 3. The highest BCUT2D eigenvalue weighted by Gasteiger charge is 2.17. The second kappa shape index (κ2) is 11.9. The van der Waals surface area contributed by atoms with Gasteiger partial charge in [0.05, 0.1) is 4.92 Å². The molecule has 4 aromatic carbocycles. The van der Waals surface area contributed by atoms with E-state index in [1.165, 1.54) is 42.5 Å². The third-order valence-corrected chi connectivity index (χ3v) is 5.63. The number of nitro benzene ring substituents is 1. The van der Waals surface area contributed by atoms with Crippen LogP contribution < -0.4 is 16.0 Å². The first-order valence-electron chi connectivity index (χ1n) is 11.7. The number of hydrogen-bond donors (Lipinski definition) is 3. The van der Waals surface area contributed by atoms with Crippen LogP contribution in [-0.2, 0) is 0 Å². The molecule has 0 saturated heterocycles. The van der Waals surface area contributed by atoms with Crippen LogP contribution in [0.15, 0.2) is 91.0 Å². The van der Waals surface area contributed by atoms with Crippen molar-refractivity contribution in [3.63, 3.8) is 0 Å². The molecule has 3 amide bonds. The number of rotatable bonds is 7. The molecule has 0 heterocycles. The SMILES string of the molecule is C#Cc1cccc(NC(=O)c2cc(NC(=O)c3ccc([N+](=O)[O-])cc3)cc(C(=O)Nc3cccc(C#C)c3)c2)c1. The maximum Gasteiger partial charge on any atom is 0.269 e. The molecule has 194 valence electrons. The first kappa shape index (κ1) is 26.9. The van der Waals surface area contributed by atoms with Crippen molar-refractivity contribution in [1.29, 1.82) is 0 Å². The lowest BCUT2D eigenvalue weighted by Crippen LogP contribution is -2.18. The molecule has 0 aliphatic heterocycles. The summed E-state index contributed by atoms with van der Waals surface area (Å²) in [5.41, 5.74) is 2.30. The fourth-order valence-electron chi connectivity index (χ4n) is 3.68. The molecule has 0 bridgehead atoms. The molecule has 0 radical (unpaired) electrons. The summed E-state index contributed by atoms with van der Waals surface area (Å²) in [6, 6.07) is 22.5. The predicted octanol–water partition coefficient (Wildman–Crippen LogP) is 5.31. The van der Waals surface area contributed by atoms with Gasteiger partial charge in [-0.3, -0.25) is 24.5 Å². The Labute approximate surface area is 229 Å². The summed E-state index contributed by atoms with van der Waals surface area (Å²) in [6.45, 7) is 0. The number of carbonyl (C=O) groups excluding carboxylic acids is 3. The first-order chi connectivity index (χ1) is 19.2. The van der Waals surface area contributed by atoms with Gasteiger partial charge in [-0.15, -0.1) is 12.8 Å². The summed E-state index contributed by atoms with van der Waals surface area (Å²) >= 11 is 0. The number of anilines is 3. The number of non-ortho nitro benzene ring substituents is 1. The highest BCUT2D eigenvalue weighted by molar-refractivity contribution is 6.11. The minimum atomic E-state index is -0.595. The average Bonchev–Trinajstić information content (AvgIpc) is 2.97. The maximum absolute atomic E-state index is 13.1. The Kier molecular flexibility index (Phi) is 7.99. The highest BCUT2D eigenvalue weighted by Crippen LogP contribution is 2.21. The van der Waals surface area contributed by atoms with Gasteiger partial charge in [-0.05, 0) is 66.7 Å². The Morgan fingerprint density at radius 1 is 0.600 bits per heavy atom. The average molecular weight is 529 g/mol. The molecular weight excluding hydrogens is 508 g/mol. The Balaban J connectivity index is 1.65. The second-order valence-electron chi connectivity index (χ2n) is 8.42. The summed E-state index contributed by atoms with van der Waals surface area (Å²) in [4.78, 5) is 49.5. The van der Waals surface area contributed by atoms with E-state index < -0.39 is 22.6 Å². The van der Waals surface area contributed by atoms with Gasteiger partial charge in [0.15, 0.2) is 0 Å². The van der Waals surface area contributed by atoms with Crippen molar-refractivity contribution in [2.45, 2.75) is 0 Å². The Morgan fingerprint density at radius 3 is 1.50 bits per heavy atom. The minimum Gasteiger partial charge on any atom is -0.322 e. The maximum atomic E-state index is 13.1. The van der Waals surface area contributed by atoms with Crippen molar-refractivity contribution in [3.05, 3.63) is 129 Å². The largest absolute Gasteiger partial charge is 0.322 e. The van der Waals surface area contributed by atoms with Gasteiger partial charge < -0.3 is 16.0 Å². The van der Waals surface area contributed by atoms with Crippen molar-refractivity contribution in [1.82, 2.24) is 0 Å². The third-order valence-electron chi connectivity index (χ3n) is 5.63. The molecule has 0 aliphatic rings. The van der Waals surface area contributed by atoms with Crippen LogP contribution in [0.2, 0.25) is 0 Å². The predicted molar refractivity (Wildman–Crippen MR) is 152 cm³/mol. The third kappa shape index (κ3) is 6.57. The number of benzene rings is 4. The van der Waals surface area contributed by atoms with Gasteiger partial charge in [-0.25, -0.2) is 0 Å². The van der Waals surface area contributed by atoms with Crippen LogP contribution in [0, 0.1) is 34.8 Å². The molecule has 0 aliphatic carbocycles. The molecule has 0 unspecified atom stereocenters. The molecule has 0 aromatic heterocycles. The van der Waals surface area contributed by atoms with Crippen LogP contribution >= 0.6 is 0 Å². The van der Waals surface area contributed by atoms with E-state index >= 15 is 0 Å². The molecule has 0 spiro atoms. The van der Waals surface area contributed by atoms with Gasteiger partial charge in [-0.1, -0.05) is 24.0 Å². The number of nitrogens with zero attached hydrogens (tertiary/aromatic N) is 1. The summed E-state index contributed by atoms with van der Waals surface area (Å²) < 4.78 is 0. The number of terminal acetylenes is 2. The first-order valence-corrected chi connectivity index (χ1v) is 11.7. The molecule has 3 N–H and O–H groups in total. The molecule has 0 saturated carbocycles. The van der Waals surface area contributed by atoms with Crippen molar-refractivity contribution >= 4 is 40.5 Å². The van der Waals surface area contributed by atoms with Crippen molar-refractivity contribution in [2.24, 2.45) is 0 Å². The normalized spacial score (nSPS) is 9.95. The Bertz CT molecular complexity index is 1640. The lowest BCUT2D eigenvalue weighted by molar-refractivity contribution is -0.384. The zero-order valence-corrected chi connectivity index (χ0v) is 20.8. The van der Waals surface area contributed by atoms with Gasteiger partial charge in [0.1, 0.15) is 0 Å². The van der Waals surface area contributed by atoms with Crippen molar-refractivity contribution < 1.29 is 19.3 Å². The van der Waals surface area contributed by atoms with Crippen molar-refractivity contribution in [3.8, 4) is 24.7 Å². The van der Waals surface area contributed by atoms with E-state index in [0.717, 1.165) is 0 Å². The molecule has 0 fully saturated rings. The van der Waals surface area contributed by atoms with Crippen LogP contribution in [0.25, 0.3) is 0 Å². The van der Waals surface area contributed by atoms with Crippen LogP contribution in [-0.4, -0.2) is 22.6 Å². The topological polar surface area (TPSA) is 130 Å². The molecule has 9 nitrogen and oxygen atoms in total. The van der Waals surface area contributed by atoms with E-state index in [4.69, 9.17) is 12.8 Å². The Morgan fingerprint density at radius 2 is 1.05 bits per heavy atom. The van der Waals surface area contributed by atoms with E-state index in [2.05, 4.69) is 27.8 Å². The summed E-state index contributed by atoms with van der Waals surface area (Å²) in [7, 11) is 0. The number of carbonyl (C=O) groups is 3. The van der Waals surface area contributed by atoms with Gasteiger partial charge in [0.25, 0.3) is 23.4 Å². The highest BCUT2D eigenvalue weighted by atomic mass is 16.6. The van der Waals surface area contributed by atoms with E-state index in [1.54, 1.807) is 48.5 Å². The monoisotopic (exact) mass is 528 g/mol. The summed E-state index contributed by atoms with van der Waals surface area (Å²) in [6.07, 6.45) is 10.9. The standard InChI is InChI=1S/C31H20N4O5/c1-3-20-7-5-9-25(15-20)32-30(37)23-17-24(31(38)33-26-10-6-8-21(4-2)16-26)19-27(18-23)34-29(36)22-11-13-28(14-12-22)35(39)40/h1-2,5-19H,(H,32,37)(H,33,38)(H,34,36). The fraction of sp³-hybridized carbons (Fsp3) is 0. The second-order valence-corrected chi connectivity index (χ2v) is 8.42. The Hall–Kier alpha value is -6.19. The zero-order valence-electron chi connectivity index (χ0n) is 20.8. The van der Waals surface area contributed by atoms with E-state index in [9.17, 15) is 24.5 Å².